The number of para-hydroxylation sites is 1. The fourth-order valence-electron chi connectivity index (χ4n) is 4.17. The lowest BCUT2D eigenvalue weighted by Crippen LogP contribution is -2.42. The van der Waals surface area contributed by atoms with Crippen LogP contribution in [0.3, 0.4) is 0 Å². The minimum Gasteiger partial charge on any atom is -0.455 e. The van der Waals surface area contributed by atoms with Gasteiger partial charge in [0.25, 0.3) is 5.91 Å². The van der Waals surface area contributed by atoms with Crippen molar-refractivity contribution in [1.82, 2.24) is 10.2 Å². The number of benzene rings is 4. The van der Waals surface area contributed by atoms with Crippen molar-refractivity contribution < 1.29 is 19.1 Å². The van der Waals surface area contributed by atoms with Crippen LogP contribution in [0.1, 0.15) is 12.5 Å². The molecule has 0 aromatic heterocycles. The number of nitrogens with one attached hydrogen (secondary N) is 2. The fourth-order valence-corrected chi connectivity index (χ4v) is 4.35. The molecule has 1 atom stereocenters. The van der Waals surface area contributed by atoms with E-state index in [1.165, 1.54) is 0 Å². The minimum atomic E-state index is -1.29. The van der Waals surface area contributed by atoms with E-state index in [-0.39, 0.29) is 0 Å². The zero-order valence-corrected chi connectivity index (χ0v) is 20.1. The van der Waals surface area contributed by atoms with Crippen molar-refractivity contribution in [2.75, 3.05) is 11.9 Å². The number of hydrogen-bond donors (Lipinski definition) is 2. The number of amides is 4. The smallest absolute Gasteiger partial charge is 0.325 e. The Hall–Kier alpha value is -4.36. The molecule has 1 aliphatic rings. The zero-order chi connectivity index (χ0) is 25.3. The van der Waals surface area contributed by atoms with Gasteiger partial charge >= 0.3 is 6.03 Å². The molecule has 4 amide bonds. The quantitative estimate of drug-likeness (QED) is 0.333. The average molecular weight is 500 g/mol. The van der Waals surface area contributed by atoms with Gasteiger partial charge in [0.05, 0.1) is 5.69 Å². The number of ether oxygens (including phenoxy) is 1. The summed E-state index contributed by atoms with van der Waals surface area (Å²) in [5.41, 5.74) is -0.337. The predicted molar refractivity (Wildman–Crippen MR) is 138 cm³/mol. The van der Waals surface area contributed by atoms with Crippen molar-refractivity contribution in [3.63, 3.8) is 0 Å². The van der Waals surface area contributed by atoms with Gasteiger partial charge in [-0.1, -0.05) is 66.2 Å². The minimum absolute atomic E-state index is 0.320. The number of fused-ring (bicyclic) bond motifs is 1. The van der Waals surface area contributed by atoms with Crippen molar-refractivity contribution >= 4 is 45.9 Å². The van der Waals surface area contributed by atoms with Crippen molar-refractivity contribution in [2.45, 2.75) is 12.5 Å². The normalized spacial score (nSPS) is 17.2. The van der Waals surface area contributed by atoms with Crippen LogP contribution in [-0.2, 0) is 15.1 Å². The molecule has 180 valence electrons. The summed E-state index contributed by atoms with van der Waals surface area (Å²) in [5.74, 6) is -0.126. The number of anilines is 1. The first-order valence-electron chi connectivity index (χ1n) is 11.3. The van der Waals surface area contributed by atoms with Crippen LogP contribution in [0.15, 0.2) is 91.0 Å². The third-order valence-electron chi connectivity index (χ3n) is 6.09. The van der Waals surface area contributed by atoms with E-state index in [1.54, 1.807) is 37.3 Å². The fraction of sp³-hybridized carbons (Fsp3) is 0.107. The van der Waals surface area contributed by atoms with Crippen LogP contribution in [0.4, 0.5) is 10.5 Å². The van der Waals surface area contributed by atoms with E-state index in [0.717, 1.165) is 15.7 Å². The summed E-state index contributed by atoms with van der Waals surface area (Å²) < 4.78 is 5.87. The van der Waals surface area contributed by atoms with Gasteiger partial charge in [0.15, 0.2) is 5.75 Å². The lowest BCUT2D eigenvalue weighted by molar-refractivity contribution is -0.133. The Labute approximate surface area is 212 Å². The third kappa shape index (κ3) is 4.48. The van der Waals surface area contributed by atoms with Crippen LogP contribution >= 0.6 is 11.6 Å². The summed E-state index contributed by atoms with van der Waals surface area (Å²) >= 11 is 6.13. The van der Waals surface area contributed by atoms with Crippen molar-refractivity contribution in [2.24, 2.45) is 0 Å². The first kappa shape index (κ1) is 23.4. The number of carbonyl (C=O) groups is 3. The highest BCUT2D eigenvalue weighted by atomic mass is 35.5. The molecule has 36 heavy (non-hydrogen) atoms. The van der Waals surface area contributed by atoms with E-state index < -0.39 is 29.9 Å². The molecule has 7 nitrogen and oxygen atoms in total. The van der Waals surface area contributed by atoms with E-state index in [2.05, 4.69) is 10.6 Å². The molecular formula is C28H22ClN3O4. The number of urea groups is 1. The molecule has 0 saturated carbocycles. The van der Waals surface area contributed by atoms with Crippen molar-refractivity contribution in [3.8, 4) is 11.5 Å². The summed E-state index contributed by atoms with van der Waals surface area (Å²) in [6.07, 6.45) is 0. The molecule has 0 radical (unpaired) electrons. The number of imide groups is 1. The summed E-state index contributed by atoms with van der Waals surface area (Å²) in [6.45, 7) is 1.17. The number of nitrogens with zero attached hydrogens (tertiary/aromatic N) is 1. The number of rotatable bonds is 6. The lowest BCUT2D eigenvalue weighted by Gasteiger charge is -2.22. The van der Waals surface area contributed by atoms with Crippen LogP contribution < -0.4 is 15.4 Å². The Morgan fingerprint density at radius 1 is 0.944 bits per heavy atom. The first-order chi connectivity index (χ1) is 17.3. The maximum Gasteiger partial charge on any atom is 0.325 e. The molecule has 0 bridgehead atoms. The second kappa shape index (κ2) is 9.36. The molecule has 1 aliphatic heterocycles. The van der Waals surface area contributed by atoms with Crippen molar-refractivity contribution in [3.05, 3.63) is 102 Å². The SMILES string of the molecule is CC1(c2ccc3ccccc3c2)NC(=O)N(CC(=O)Nc2cc(Cl)ccc2Oc2ccccc2)C1=O. The number of hydrogen-bond acceptors (Lipinski definition) is 4. The second-order valence-electron chi connectivity index (χ2n) is 8.61. The standard InChI is InChI=1S/C28H22ClN3O4/c1-28(20-12-11-18-7-5-6-8-19(18)15-20)26(34)32(27(35)31-28)17-25(33)30-23-16-21(29)13-14-24(23)36-22-9-3-2-4-10-22/h2-16H,17H2,1H3,(H,30,33)(H,31,35). The molecule has 2 N–H and O–H groups in total. The molecule has 1 fully saturated rings. The highest BCUT2D eigenvalue weighted by Gasteiger charge is 2.49. The summed E-state index contributed by atoms with van der Waals surface area (Å²) in [6, 6.07) is 26.6. The largest absolute Gasteiger partial charge is 0.455 e. The van der Waals surface area contributed by atoms with Gasteiger partial charge in [-0.15, -0.1) is 0 Å². The summed E-state index contributed by atoms with van der Waals surface area (Å²) in [5, 5.41) is 7.81. The second-order valence-corrected chi connectivity index (χ2v) is 9.05. The van der Waals surface area contributed by atoms with Crippen molar-refractivity contribution in [1.29, 1.82) is 0 Å². The summed E-state index contributed by atoms with van der Waals surface area (Å²) in [7, 11) is 0. The monoisotopic (exact) mass is 499 g/mol. The number of carbonyl (C=O) groups excluding carboxylic acids is 3. The van der Waals surface area contributed by atoms with E-state index in [1.807, 2.05) is 60.7 Å². The Balaban J connectivity index is 1.34. The molecule has 0 aliphatic carbocycles. The maximum absolute atomic E-state index is 13.3. The molecular weight excluding hydrogens is 478 g/mol. The molecule has 5 rings (SSSR count). The van der Waals surface area contributed by atoms with Gasteiger partial charge in [-0.2, -0.15) is 0 Å². The molecule has 1 heterocycles. The zero-order valence-electron chi connectivity index (χ0n) is 19.3. The third-order valence-corrected chi connectivity index (χ3v) is 6.33. The Morgan fingerprint density at radius 2 is 1.67 bits per heavy atom. The Bertz CT molecular complexity index is 1490. The van der Waals surface area contributed by atoms with Gasteiger partial charge in [-0.3, -0.25) is 14.5 Å². The number of halogens is 1. The summed E-state index contributed by atoms with van der Waals surface area (Å²) in [4.78, 5) is 39.9. The highest BCUT2D eigenvalue weighted by molar-refractivity contribution is 6.31. The molecule has 8 heteroatoms. The lowest BCUT2D eigenvalue weighted by atomic mass is 9.90. The van der Waals surface area contributed by atoms with E-state index in [4.69, 9.17) is 16.3 Å². The maximum atomic E-state index is 13.3. The Morgan fingerprint density at radius 3 is 2.44 bits per heavy atom. The van der Waals surface area contributed by atoms with E-state index in [9.17, 15) is 14.4 Å². The van der Waals surface area contributed by atoms with Gasteiger partial charge < -0.3 is 15.4 Å². The first-order valence-corrected chi connectivity index (χ1v) is 11.7. The van der Waals surface area contributed by atoms with Gasteiger partial charge in [-0.25, -0.2) is 4.79 Å². The van der Waals surface area contributed by atoms with Crippen LogP contribution in [0.2, 0.25) is 5.02 Å². The van der Waals surface area contributed by atoms with E-state index >= 15 is 0 Å². The topological polar surface area (TPSA) is 87.7 Å². The molecule has 1 saturated heterocycles. The van der Waals surface area contributed by atoms with Gasteiger partial charge in [-0.05, 0) is 59.7 Å². The van der Waals surface area contributed by atoms with Crippen LogP contribution in [0.5, 0.6) is 11.5 Å². The van der Waals surface area contributed by atoms with E-state index in [0.29, 0.717) is 27.8 Å². The Kier molecular flexibility index (Phi) is 6.08. The van der Waals surface area contributed by atoms with Gasteiger partial charge in [0.1, 0.15) is 17.8 Å². The average Bonchev–Trinajstić information content (AvgIpc) is 3.09. The predicted octanol–water partition coefficient (Wildman–Crippen LogP) is 5.69. The van der Waals surface area contributed by atoms with Crippen LogP contribution in [0, 0.1) is 0 Å². The van der Waals surface area contributed by atoms with Crippen LogP contribution in [0.25, 0.3) is 10.8 Å². The molecule has 4 aromatic rings. The van der Waals surface area contributed by atoms with Crippen LogP contribution in [-0.4, -0.2) is 29.3 Å². The molecule has 0 spiro atoms. The van der Waals surface area contributed by atoms with Gasteiger partial charge in [0, 0.05) is 5.02 Å². The molecule has 1 unspecified atom stereocenters. The van der Waals surface area contributed by atoms with Gasteiger partial charge in [0.2, 0.25) is 5.91 Å². The highest BCUT2D eigenvalue weighted by Crippen LogP contribution is 2.33. The molecule has 4 aromatic carbocycles.